The van der Waals surface area contributed by atoms with E-state index < -0.39 is 9.84 Å². The molecule has 2 heterocycles. The SMILES string of the molecule is CS(=O)(=O)Cc1noc(C2CCCN2)n1. The van der Waals surface area contributed by atoms with Crippen molar-refractivity contribution in [2.24, 2.45) is 0 Å². The molecule has 15 heavy (non-hydrogen) atoms. The van der Waals surface area contributed by atoms with Gasteiger partial charge in [-0.25, -0.2) is 8.42 Å². The molecule has 0 spiro atoms. The van der Waals surface area contributed by atoms with Crippen molar-refractivity contribution in [3.8, 4) is 0 Å². The van der Waals surface area contributed by atoms with Crippen LogP contribution in [0.1, 0.15) is 30.6 Å². The van der Waals surface area contributed by atoms with E-state index in [1.807, 2.05) is 0 Å². The van der Waals surface area contributed by atoms with E-state index in [-0.39, 0.29) is 17.6 Å². The Kier molecular flexibility index (Phi) is 2.74. The Morgan fingerprint density at radius 2 is 2.40 bits per heavy atom. The Morgan fingerprint density at radius 1 is 1.60 bits per heavy atom. The summed E-state index contributed by atoms with van der Waals surface area (Å²) in [4.78, 5) is 4.06. The zero-order valence-electron chi connectivity index (χ0n) is 8.43. The highest BCUT2D eigenvalue weighted by Gasteiger charge is 2.23. The van der Waals surface area contributed by atoms with Crippen molar-refractivity contribution >= 4 is 9.84 Å². The number of aromatic nitrogens is 2. The van der Waals surface area contributed by atoms with Gasteiger partial charge in [0.05, 0.1) is 6.04 Å². The Morgan fingerprint density at radius 3 is 3.00 bits per heavy atom. The minimum atomic E-state index is -3.09. The van der Waals surface area contributed by atoms with E-state index >= 15 is 0 Å². The van der Waals surface area contributed by atoms with Crippen molar-refractivity contribution in [2.75, 3.05) is 12.8 Å². The first kappa shape index (κ1) is 10.6. The first-order chi connectivity index (χ1) is 7.04. The lowest BCUT2D eigenvalue weighted by atomic mass is 10.2. The third-order valence-electron chi connectivity index (χ3n) is 2.23. The third-order valence-corrected chi connectivity index (χ3v) is 3.02. The van der Waals surface area contributed by atoms with Gasteiger partial charge in [-0.2, -0.15) is 4.98 Å². The Balaban J connectivity index is 2.10. The normalized spacial score (nSPS) is 22.1. The van der Waals surface area contributed by atoms with Crippen LogP contribution in [0.4, 0.5) is 0 Å². The molecule has 1 unspecified atom stereocenters. The summed E-state index contributed by atoms with van der Waals surface area (Å²) in [7, 11) is -3.09. The van der Waals surface area contributed by atoms with Crippen LogP contribution in [0.5, 0.6) is 0 Å². The van der Waals surface area contributed by atoms with Crippen molar-refractivity contribution in [3.05, 3.63) is 11.7 Å². The third kappa shape index (κ3) is 2.75. The van der Waals surface area contributed by atoms with Gasteiger partial charge in [-0.3, -0.25) is 0 Å². The molecule has 0 aliphatic carbocycles. The Hall–Kier alpha value is -0.950. The van der Waals surface area contributed by atoms with E-state index in [2.05, 4.69) is 15.5 Å². The van der Waals surface area contributed by atoms with Gasteiger partial charge in [-0.1, -0.05) is 5.16 Å². The molecule has 1 saturated heterocycles. The van der Waals surface area contributed by atoms with Crippen molar-refractivity contribution in [2.45, 2.75) is 24.6 Å². The number of hydrogen-bond donors (Lipinski definition) is 1. The van der Waals surface area contributed by atoms with E-state index in [4.69, 9.17) is 4.52 Å². The van der Waals surface area contributed by atoms with Gasteiger partial charge in [0.25, 0.3) is 0 Å². The highest BCUT2D eigenvalue weighted by atomic mass is 32.2. The predicted molar refractivity (Wildman–Crippen MR) is 52.8 cm³/mol. The summed E-state index contributed by atoms with van der Waals surface area (Å²) in [6, 6.07) is 0.0887. The second-order valence-corrected chi connectivity index (χ2v) is 5.91. The van der Waals surface area contributed by atoms with Gasteiger partial charge in [-0.05, 0) is 19.4 Å². The monoisotopic (exact) mass is 231 g/mol. The van der Waals surface area contributed by atoms with Crippen LogP contribution in [0.3, 0.4) is 0 Å². The molecule has 0 amide bonds. The fraction of sp³-hybridized carbons (Fsp3) is 0.750. The maximum atomic E-state index is 11.0. The maximum Gasteiger partial charge on any atom is 0.243 e. The fourth-order valence-electron chi connectivity index (χ4n) is 1.60. The molecule has 1 aliphatic rings. The second-order valence-electron chi connectivity index (χ2n) is 3.77. The van der Waals surface area contributed by atoms with Crippen LogP contribution in [0.2, 0.25) is 0 Å². The molecule has 7 heteroatoms. The molecule has 0 saturated carbocycles. The molecule has 1 aromatic heterocycles. The number of nitrogens with one attached hydrogen (secondary N) is 1. The van der Waals surface area contributed by atoms with E-state index in [0.29, 0.717) is 5.89 Å². The van der Waals surface area contributed by atoms with Gasteiger partial charge in [0.2, 0.25) is 5.89 Å². The highest BCUT2D eigenvalue weighted by Crippen LogP contribution is 2.21. The average molecular weight is 231 g/mol. The van der Waals surface area contributed by atoms with Crippen LogP contribution >= 0.6 is 0 Å². The molecular formula is C8H13N3O3S. The van der Waals surface area contributed by atoms with Crippen LogP contribution in [0.15, 0.2) is 4.52 Å². The summed E-state index contributed by atoms with van der Waals surface area (Å²) in [5, 5.41) is 6.84. The molecule has 1 N–H and O–H groups in total. The largest absolute Gasteiger partial charge is 0.338 e. The first-order valence-electron chi connectivity index (χ1n) is 4.78. The molecule has 2 rings (SSSR count). The van der Waals surface area contributed by atoms with Crippen LogP contribution in [0.25, 0.3) is 0 Å². The molecule has 0 bridgehead atoms. The minimum Gasteiger partial charge on any atom is -0.338 e. The number of nitrogens with zero attached hydrogens (tertiary/aromatic N) is 2. The molecule has 1 aliphatic heterocycles. The lowest BCUT2D eigenvalue weighted by molar-refractivity contribution is 0.342. The second kappa shape index (κ2) is 3.90. The zero-order chi connectivity index (χ0) is 10.9. The lowest BCUT2D eigenvalue weighted by Gasteiger charge is -2.01. The van der Waals surface area contributed by atoms with Crippen LogP contribution in [-0.2, 0) is 15.6 Å². The number of rotatable bonds is 3. The smallest absolute Gasteiger partial charge is 0.243 e. The van der Waals surface area contributed by atoms with Crippen molar-refractivity contribution in [3.63, 3.8) is 0 Å². The zero-order valence-corrected chi connectivity index (χ0v) is 9.25. The fourth-order valence-corrected chi connectivity index (χ4v) is 2.18. The molecule has 1 fully saturated rings. The molecule has 6 nitrogen and oxygen atoms in total. The van der Waals surface area contributed by atoms with Gasteiger partial charge < -0.3 is 9.84 Å². The highest BCUT2D eigenvalue weighted by molar-refractivity contribution is 7.89. The van der Waals surface area contributed by atoms with Crippen molar-refractivity contribution < 1.29 is 12.9 Å². The number of sulfone groups is 1. The lowest BCUT2D eigenvalue weighted by Crippen LogP contribution is -2.13. The summed E-state index contributed by atoms with van der Waals surface area (Å²) < 4.78 is 27.0. The van der Waals surface area contributed by atoms with Gasteiger partial charge >= 0.3 is 0 Å². The molecule has 0 aromatic carbocycles. The molecule has 1 aromatic rings. The molecular weight excluding hydrogens is 218 g/mol. The molecule has 84 valence electrons. The van der Waals surface area contributed by atoms with Gasteiger partial charge in [0.15, 0.2) is 15.7 Å². The van der Waals surface area contributed by atoms with Crippen LogP contribution < -0.4 is 5.32 Å². The van der Waals surface area contributed by atoms with E-state index in [1.165, 1.54) is 0 Å². The average Bonchev–Trinajstić information content (AvgIpc) is 2.68. The predicted octanol–water partition coefficient (Wildman–Crippen LogP) is 0.0387. The number of hydrogen-bond acceptors (Lipinski definition) is 6. The Labute approximate surface area is 88.0 Å². The summed E-state index contributed by atoms with van der Waals surface area (Å²) in [5.41, 5.74) is 0. The standard InChI is InChI=1S/C8H13N3O3S/c1-15(12,13)5-7-10-8(14-11-7)6-3-2-4-9-6/h6,9H,2-5H2,1H3. The van der Waals surface area contributed by atoms with E-state index in [1.54, 1.807) is 0 Å². The summed E-state index contributed by atoms with van der Waals surface area (Å²) >= 11 is 0. The molecule has 1 atom stereocenters. The molecule has 0 radical (unpaired) electrons. The quantitative estimate of drug-likeness (QED) is 0.790. The Bertz CT molecular complexity index is 434. The summed E-state index contributed by atoms with van der Waals surface area (Å²) in [6.07, 6.45) is 3.19. The van der Waals surface area contributed by atoms with Gasteiger partial charge in [-0.15, -0.1) is 0 Å². The maximum absolute atomic E-state index is 11.0. The summed E-state index contributed by atoms with van der Waals surface area (Å²) in [6.45, 7) is 0.939. The van der Waals surface area contributed by atoms with Crippen molar-refractivity contribution in [1.29, 1.82) is 0 Å². The van der Waals surface area contributed by atoms with Gasteiger partial charge in [0, 0.05) is 6.26 Å². The first-order valence-corrected chi connectivity index (χ1v) is 6.84. The summed E-state index contributed by atoms with van der Waals surface area (Å²) in [5.74, 6) is 0.566. The van der Waals surface area contributed by atoms with Crippen LogP contribution in [0, 0.1) is 0 Å². The van der Waals surface area contributed by atoms with Crippen molar-refractivity contribution in [1.82, 2.24) is 15.5 Å². The topological polar surface area (TPSA) is 85.1 Å². The van der Waals surface area contributed by atoms with E-state index in [0.717, 1.165) is 25.6 Å². The minimum absolute atomic E-state index is 0.0887. The van der Waals surface area contributed by atoms with Gasteiger partial charge in [0.1, 0.15) is 5.75 Å². The van der Waals surface area contributed by atoms with Crippen LogP contribution in [-0.4, -0.2) is 31.4 Å². The van der Waals surface area contributed by atoms with E-state index in [9.17, 15) is 8.42 Å².